The summed E-state index contributed by atoms with van der Waals surface area (Å²) in [5.41, 5.74) is 2.15. The first kappa shape index (κ1) is 13.9. The van der Waals surface area contributed by atoms with Crippen molar-refractivity contribution in [3.8, 4) is 0 Å². The summed E-state index contributed by atoms with van der Waals surface area (Å²) >= 11 is 6.33. The fourth-order valence-electron chi connectivity index (χ4n) is 2.53. The van der Waals surface area contributed by atoms with Crippen molar-refractivity contribution >= 4 is 28.9 Å². The molecule has 0 saturated carbocycles. The van der Waals surface area contributed by atoms with Crippen LogP contribution in [0.3, 0.4) is 0 Å². The predicted molar refractivity (Wildman–Crippen MR) is 84.2 cm³/mol. The van der Waals surface area contributed by atoms with Gasteiger partial charge >= 0.3 is 0 Å². The van der Waals surface area contributed by atoms with Crippen LogP contribution in [-0.2, 0) is 0 Å². The Bertz CT molecular complexity index is 661. The lowest BCUT2D eigenvalue weighted by molar-refractivity contribution is 0.102. The number of nitrogens with zero attached hydrogens (tertiary/aromatic N) is 2. The first-order chi connectivity index (χ1) is 10.1. The lowest BCUT2D eigenvalue weighted by Crippen LogP contribution is -2.18. The molecule has 1 aromatic carbocycles. The molecule has 0 atom stereocenters. The maximum Gasteiger partial charge on any atom is 0.273 e. The van der Waals surface area contributed by atoms with Gasteiger partial charge in [-0.1, -0.05) is 11.6 Å². The Morgan fingerprint density at radius 2 is 2.14 bits per heavy atom. The van der Waals surface area contributed by atoms with Crippen molar-refractivity contribution in [2.75, 3.05) is 23.3 Å². The van der Waals surface area contributed by atoms with E-state index in [9.17, 15) is 4.79 Å². The predicted octanol–water partition coefficient (Wildman–Crippen LogP) is 3.22. The molecular formula is C15H17ClN4O. The molecule has 1 fully saturated rings. The molecule has 2 aromatic rings. The normalized spacial score (nSPS) is 14.5. The molecule has 1 aromatic heterocycles. The van der Waals surface area contributed by atoms with Crippen LogP contribution in [0.15, 0.2) is 24.4 Å². The zero-order valence-electron chi connectivity index (χ0n) is 11.8. The fraction of sp³-hybridized carbons (Fsp3) is 0.333. The maximum atomic E-state index is 12.0. The van der Waals surface area contributed by atoms with E-state index < -0.39 is 0 Å². The number of anilines is 2. The lowest BCUT2D eigenvalue weighted by Gasteiger charge is -2.19. The van der Waals surface area contributed by atoms with E-state index in [1.54, 1.807) is 13.0 Å². The van der Waals surface area contributed by atoms with E-state index in [0.29, 0.717) is 22.2 Å². The first-order valence-corrected chi connectivity index (χ1v) is 7.39. The molecule has 0 unspecified atom stereocenters. The summed E-state index contributed by atoms with van der Waals surface area (Å²) in [6.07, 6.45) is 3.92. The second-order valence-electron chi connectivity index (χ2n) is 5.20. The van der Waals surface area contributed by atoms with Gasteiger partial charge in [0.15, 0.2) is 0 Å². The molecule has 110 valence electrons. The largest absolute Gasteiger partial charge is 0.370 e. The van der Waals surface area contributed by atoms with Crippen LogP contribution in [0.25, 0.3) is 0 Å². The van der Waals surface area contributed by atoms with Crippen molar-refractivity contribution in [2.24, 2.45) is 0 Å². The molecule has 0 radical (unpaired) electrons. The molecule has 1 aliphatic heterocycles. The molecule has 0 spiro atoms. The summed E-state index contributed by atoms with van der Waals surface area (Å²) in [7, 11) is 0. The number of imidazole rings is 1. The summed E-state index contributed by atoms with van der Waals surface area (Å²) < 4.78 is 0. The number of H-pyrrole nitrogens is 1. The van der Waals surface area contributed by atoms with Gasteiger partial charge < -0.3 is 15.2 Å². The van der Waals surface area contributed by atoms with Crippen LogP contribution >= 0.6 is 11.6 Å². The molecule has 1 aliphatic rings. The average molecular weight is 305 g/mol. The Kier molecular flexibility index (Phi) is 3.84. The molecule has 3 rings (SSSR count). The molecule has 6 heteroatoms. The lowest BCUT2D eigenvalue weighted by atomic mass is 10.2. The molecular weight excluding hydrogens is 288 g/mol. The van der Waals surface area contributed by atoms with Crippen molar-refractivity contribution in [1.29, 1.82) is 0 Å². The van der Waals surface area contributed by atoms with Crippen LogP contribution in [0.2, 0.25) is 5.02 Å². The number of hydrogen-bond acceptors (Lipinski definition) is 3. The second kappa shape index (κ2) is 5.77. The zero-order chi connectivity index (χ0) is 14.8. The van der Waals surface area contributed by atoms with Gasteiger partial charge in [0, 0.05) is 18.8 Å². The number of aryl methyl sites for hydroxylation is 1. The third-order valence-electron chi connectivity index (χ3n) is 3.60. The number of nitrogens with one attached hydrogen (secondary N) is 2. The number of benzene rings is 1. The zero-order valence-corrected chi connectivity index (χ0v) is 12.6. The van der Waals surface area contributed by atoms with Crippen molar-refractivity contribution in [1.82, 2.24) is 9.97 Å². The third kappa shape index (κ3) is 3.03. The SMILES string of the molecule is Cc1ncc(C(=O)Nc2ccc(N3CCCC3)c(Cl)c2)[nH]1. The van der Waals surface area contributed by atoms with E-state index in [4.69, 9.17) is 11.6 Å². The van der Waals surface area contributed by atoms with E-state index in [2.05, 4.69) is 20.2 Å². The Hall–Kier alpha value is -2.01. The van der Waals surface area contributed by atoms with Gasteiger partial charge in [-0.3, -0.25) is 4.79 Å². The van der Waals surface area contributed by atoms with Gasteiger partial charge in [0.25, 0.3) is 5.91 Å². The smallest absolute Gasteiger partial charge is 0.273 e. The Labute approximate surface area is 128 Å². The average Bonchev–Trinajstić information content (AvgIpc) is 3.10. The summed E-state index contributed by atoms with van der Waals surface area (Å²) in [5.74, 6) is 0.489. The van der Waals surface area contributed by atoms with Crippen LogP contribution in [0.1, 0.15) is 29.2 Å². The standard InChI is InChI=1S/C15H17ClN4O/c1-10-17-9-13(18-10)15(21)19-11-4-5-14(12(16)8-11)20-6-2-3-7-20/h4-5,8-9H,2-3,6-7H2,1H3,(H,17,18)(H,19,21). The van der Waals surface area contributed by atoms with Crippen molar-refractivity contribution in [2.45, 2.75) is 19.8 Å². The fourth-order valence-corrected chi connectivity index (χ4v) is 2.83. The highest BCUT2D eigenvalue weighted by atomic mass is 35.5. The first-order valence-electron chi connectivity index (χ1n) is 7.01. The van der Waals surface area contributed by atoms with Crippen molar-refractivity contribution < 1.29 is 4.79 Å². The van der Waals surface area contributed by atoms with Gasteiger partial charge in [-0.05, 0) is 38.0 Å². The summed E-state index contributed by atoms with van der Waals surface area (Å²) in [4.78, 5) is 21.2. The Morgan fingerprint density at radius 1 is 1.38 bits per heavy atom. The highest BCUT2D eigenvalue weighted by molar-refractivity contribution is 6.33. The molecule has 2 N–H and O–H groups in total. The summed E-state index contributed by atoms with van der Waals surface area (Å²) in [6, 6.07) is 5.62. The van der Waals surface area contributed by atoms with E-state index in [-0.39, 0.29) is 5.91 Å². The number of rotatable bonds is 3. The molecule has 1 amide bonds. The van der Waals surface area contributed by atoms with E-state index in [1.165, 1.54) is 19.0 Å². The van der Waals surface area contributed by atoms with Gasteiger partial charge in [0.2, 0.25) is 0 Å². The van der Waals surface area contributed by atoms with Crippen LogP contribution in [-0.4, -0.2) is 29.0 Å². The number of halogens is 1. The second-order valence-corrected chi connectivity index (χ2v) is 5.60. The minimum atomic E-state index is -0.222. The highest BCUT2D eigenvalue weighted by Gasteiger charge is 2.16. The Balaban J connectivity index is 1.74. The van der Waals surface area contributed by atoms with E-state index >= 15 is 0 Å². The van der Waals surface area contributed by atoms with Crippen molar-refractivity contribution in [3.05, 3.63) is 40.9 Å². The highest BCUT2D eigenvalue weighted by Crippen LogP contribution is 2.31. The van der Waals surface area contributed by atoms with Gasteiger partial charge in [0.05, 0.1) is 16.9 Å². The topological polar surface area (TPSA) is 61.0 Å². The number of carbonyl (C=O) groups excluding carboxylic acids is 1. The minimum absolute atomic E-state index is 0.222. The van der Waals surface area contributed by atoms with Crippen LogP contribution in [0, 0.1) is 6.92 Å². The number of aromatic nitrogens is 2. The summed E-state index contributed by atoms with van der Waals surface area (Å²) in [5, 5.41) is 3.48. The molecule has 2 heterocycles. The number of hydrogen-bond donors (Lipinski definition) is 2. The van der Waals surface area contributed by atoms with Gasteiger partial charge in [-0.2, -0.15) is 0 Å². The van der Waals surface area contributed by atoms with Gasteiger partial charge in [-0.15, -0.1) is 0 Å². The molecule has 0 bridgehead atoms. The molecule has 1 saturated heterocycles. The van der Waals surface area contributed by atoms with Crippen LogP contribution in [0.5, 0.6) is 0 Å². The van der Waals surface area contributed by atoms with Crippen molar-refractivity contribution in [3.63, 3.8) is 0 Å². The molecule has 21 heavy (non-hydrogen) atoms. The number of amides is 1. The maximum absolute atomic E-state index is 12.0. The monoisotopic (exact) mass is 304 g/mol. The van der Waals surface area contributed by atoms with Crippen LogP contribution in [0.4, 0.5) is 11.4 Å². The van der Waals surface area contributed by atoms with Gasteiger partial charge in [-0.25, -0.2) is 4.98 Å². The van der Waals surface area contributed by atoms with Crippen LogP contribution < -0.4 is 10.2 Å². The molecule has 0 aliphatic carbocycles. The van der Waals surface area contributed by atoms with E-state index in [1.807, 2.05) is 12.1 Å². The van der Waals surface area contributed by atoms with Gasteiger partial charge in [0.1, 0.15) is 11.5 Å². The molecule has 5 nitrogen and oxygen atoms in total. The number of aromatic amines is 1. The van der Waals surface area contributed by atoms with E-state index in [0.717, 1.165) is 18.8 Å². The third-order valence-corrected chi connectivity index (χ3v) is 3.90. The quantitative estimate of drug-likeness (QED) is 0.915. The minimum Gasteiger partial charge on any atom is -0.370 e. The number of carbonyl (C=O) groups is 1. The Morgan fingerprint density at radius 3 is 2.76 bits per heavy atom. The summed E-state index contributed by atoms with van der Waals surface area (Å²) in [6.45, 7) is 3.89.